The van der Waals surface area contributed by atoms with Crippen LogP contribution in [0.5, 0.6) is 0 Å². The van der Waals surface area contributed by atoms with Gasteiger partial charge in [0.1, 0.15) is 0 Å². The standard InChI is InChI=1S/C19H23N3O3S/c1-16-8-10-17(11-9-16)13-15-26(24,25)20-14-12-19(23)21-22(2)18-6-4-3-5-7-18/h3-11,13,15,20H,12,14H2,1-2H3,(H,21,23)/b15-13+. The molecule has 0 fully saturated rings. The number of rotatable bonds is 8. The fourth-order valence-corrected chi connectivity index (χ4v) is 2.98. The Morgan fingerprint density at radius 1 is 1.08 bits per heavy atom. The molecule has 0 atom stereocenters. The Hall–Kier alpha value is -2.64. The summed E-state index contributed by atoms with van der Waals surface area (Å²) in [5.41, 5.74) is 5.42. The molecule has 26 heavy (non-hydrogen) atoms. The molecule has 0 unspecified atom stereocenters. The normalized spacial score (nSPS) is 11.5. The van der Waals surface area contributed by atoms with Crippen molar-refractivity contribution < 1.29 is 13.2 Å². The SMILES string of the molecule is Cc1ccc(/C=C/S(=O)(=O)NCCC(=O)NN(C)c2ccccc2)cc1. The van der Waals surface area contributed by atoms with E-state index in [0.29, 0.717) is 0 Å². The van der Waals surface area contributed by atoms with Crippen LogP contribution in [0.4, 0.5) is 5.69 Å². The van der Waals surface area contributed by atoms with Gasteiger partial charge < -0.3 is 0 Å². The number of carbonyl (C=O) groups is 1. The molecular formula is C19H23N3O3S. The highest BCUT2D eigenvalue weighted by molar-refractivity contribution is 7.92. The van der Waals surface area contributed by atoms with Crippen LogP contribution in [0.3, 0.4) is 0 Å². The van der Waals surface area contributed by atoms with E-state index in [1.807, 2.05) is 61.5 Å². The van der Waals surface area contributed by atoms with Gasteiger partial charge in [0.05, 0.1) is 5.69 Å². The van der Waals surface area contributed by atoms with Gasteiger partial charge in [-0.25, -0.2) is 13.1 Å². The van der Waals surface area contributed by atoms with Crippen LogP contribution in [0.1, 0.15) is 17.5 Å². The molecule has 0 spiro atoms. The lowest BCUT2D eigenvalue weighted by atomic mass is 10.2. The summed E-state index contributed by atoms with van der Waals surface area (Å²) in [4.78, 5) is 11.9. The molecule has 0 heterocycles. The minimum Gasteiger partial charge on any atom is -0.289 e. The van der Waals surface area contributed by atoms with Crippen LogP contribution in [0.15, 0.2) is 60.0 Å². The van der Waals surface area contributed by atoms with E-state index >= 15 is 0 Å². The van der Waals surface area contributed by atoms with E-state index in [9.17, 15) is 13.2 Å². The average Bonchev–Trinajstić information content (AvgIpc) is 2.62. The lowest BCUT2D eigenvalue weighted by Crippen LogP contribution is -2.40. The van der Waals surface area contributed by atoms with Crippen molar-refractivity contribution >= 4 is 27.7 Å². The Bertz CT molecular complexity index is 847. The van der Waals surface area contributed by atoms with Crippen LogP contribution in [0.2, 0.25) is 0 Å². The molecule has 0 saturated carbocycles. The van der Waals surface area contributed by atoms with E-state index in [2.05, 4.69) is 10.1 Å². The lowest BCUT2D eigenvalue weighted by Gasteiger charge is -2.20. The minimum atomic E-state index is -3.59. The first-order valence-corrected chi connectivity index (χ1v) is 9.73. The summed E-state index contributed by atoms with van der Waals surface area (Å²) in [5.74, 6) is -0.276. The van der Waals surface area contributed by atoms with Crippen molar-refractivity contribution in [3.63, 3.8) is 0 Å². The first kappa shape index (κ1) is 19.7. The maximum atomic E-state index is 12.0. The highest BCUT2D eigenvalue weighted by atomic mass is 32.2. The largest absolute Gasteiger partial charge is 0.289 e. The Balaban J connectivity index is 1.78. The van der Waals surface area contributed by atoms with Gasteiger partial charge in [-0.1, -0.05) is 48.0 Å². The van der Waals surface area contributed by atoms with Crippen LogP contribution in [-0.4, -0.2) is 27.9 Å². The Morgan fingerprint density at radius 2 is 1.73 bits per heavy atom. The third-order valence-corrected chi connectivity index (χ3v) is 4.71. The number of hydrazine groups is 1. The fourth-order valence-electron chi connectivity index (χ4n) is 2.16. The molecule has 0 saturated heterocycles. The number of aryl methyl sites for hydroxylation is 1. The summed E-state index contributed by atoms with van der Waals surface area (Å²) in [5, 5.41) is 2.69. The molecule has 0 aliphatic carbocycles. The van der Waals surface area contributed by atoms with Crippen LogP contribution in [0, 0.1) is 6.92 Å². The summed E-state index contributed by atoms with van der Waals surface area (Å²) < 4.78 is 26.3. The van der Waals surface area contributed by atoms with Crippen LogP contribution in [0.25, 0.3) is 6.08 Å². The Kier molecular flexibility index (Phi) is 6.94. The van der Waals surface area contributed by atoms with Crippen molar-refractivity contribution in [1.82, 2.24) is 10.1 Å². The predicted octanol–water partition coefficient (Wildman–Crippen LogP) is 2.44. The summed E-state index contributed by atoms with van der Waals surface area (Å²) >= 11 is 0. The van der Waals surface area contributed by atoms with Gasteiger partial charge in [0.2, 0.25) is 15.9 Å². The Labute approximate surface area is 154 Å². The van der Waals surface area contributed by atoms with E-state index in [0.717, 1.165) is 22.2 Å². The zero-order valence-corrected chi connectivity index (χ0v) is 15.7. The van der Waals surface area contributed by atoms with E-state index < -0.39 is 10.0 Å². The predicted molar refractivity (Wildman–Crippen MR) is 105 cm³/mol. The van der Waals surface area contributed by atoms with Gasteiger partial charge in [-0.2, -0.15) is 0 Å². The Morgan fingerprint density at radius 3 is 2.38 bits per heavy atom. The van der Waals surface area contributed by atoms with Gasteiger partial charge in [0.25, 0.3) is 0 Å². The smallest absolute Gasteiger partial charge is 0.239 e. The van der Waals surface area contributed by atoms with Crippen LogP contribution >= 0.6 is 0 Å². The molecule has 0 aromatic heterocycles. The second kappa shape index (κ2) is 9.17. The molecule has 2 rings (SSSR count). The van der Waals surface area contributed by atoms with E-state index in [-0.39, 0.29) is 18.9 Å². The third-order valence-electron chi connectivity index (χ3n) is 3.61. The molecule has 2 N–H and O–H groups in total. The number of nitrogens with one attached hydrogen (secondary N) is 2. The summed E-state index contributed by atoms with van der Waals surface area (Å²) in [6.45, 7) is 1.99. The van der Waals surface area contributed by atoms with Crippen LogP contribution in [-0.2, 0) is 14.8 Å². The maximum Gasteiger partial charge on any atom is 0.239 e. The van der Waals surface area contributed by atoms with Crippen molar-refractivity contribution in [2.75, 3.05) is 18.6 Å². The van der Waals surface area contributed by atoms with Gasteiger partial charge in [0.15, 0.2) is 0 Å². The number of amides is 1. The number of nitrogens with zero attached hydrogens (tertiary/aromatic N) is 1. The molecular weight excluding hydrogens is 350 g/mol. The maximum absolute atomic E-state index is 12.0. The highest BCUT2D eigenvalue weighted by Crippen LogP contribution is 2.08. The monoisotopic (exact) mass is 373 g/mol. The highest BCUT2D eigenvalue weighted by Gasteiger charge is 2.09. The summed E-state index contributed by atoms with van der Waals surface area (Å²) in [6.07, 6.45) is 1.56. The van der Waals surface area contributed by atoms with Crippen molar-refractivity contribution in [3.05, 3.63) is 71.1 Å². The van der Waals surface area contributed by atoms with Crippen molar-refractivity contribution in [3.8, 4) is 0 Å². The van der Waals surface area contributed by atoms with Gasteiger partial charge in [-0.05, 0) is 30.7 Å². The third kappa shape index (κ3) is 6.70. The van der Waals surface area contributed by atoms with E-state index in [4.69, 9.17) is 0 Å². The molecule has 0 aliphatic heterocycles. The molecule has 2 aromatic rings. The number of anilines is 1. The second-order valence-corrected chi connectivity index (χ2v) is 7.48. The second-order valence-electron chi connectivity index (χ2n) is 5.83. The number of para-hydroxylation sites is 1. The lowest BCUT2D eigenvalue weighted by molar-refractivity contribution is -0.121. The topological polar surface area (TPSA) is 78.5 Å². The van der Waals surface area contributed by atoms with Crippen molar-refractivity contribution in [2.45, 2.75) is 13.3 Å². The first-order valence-electron chi connectivity index (χ1n) is 8.18. The molecule has 7 heteroatoms. The molecule has 0 bridgehead atoms. The molecule has 2 aromatic carbocycles. The van der Waals surface area contributed by atoms with Crippen molar-refractivity contribution in [2.24, 2.45) is 0 Å². The first-order chi connectivity index (χ1) is 12.4. The molecule has 138 valence electrons. The molecule has 0 radical (unpaired) electrons. The molecule has 1 amide bonds. The van der Waals surface area contributed by atoms with Gasteiger partial charge in [-0.3, -0.25) is 15.2 Å². The van der Waals surface area contributed by atoms with Gasteiger partial charge in [-0.15, -0.1) is 0 Å². The molecule has 6 nitrogen and oxygen atoms in total. The molecule has 0 aliphatic rings. The average molecular weight is 373 g/mol. The number of sulfonamides is 1. The quantitative estimate of drug-likeness (QED) is 0.697. The number of hydrogen-bond donors (Lipinski definition) is 2. The number of carbonyl (C=O) groups excluding carboxylic acids is 1. The summed E-state index contributed by atoms with van der Waals surface area (Å²) in [7, 11) is -1.87. The van der Waals surface area contributed by atoms with Crippen molar-refractivity contribution in [1.29, 1.82) is 0 Å². The van der Waals surface area contributed by atoms with E-state index in [1.54, 1.807) is 12.1 Å². The zero-order chi connectivity index (χ0) is 19.0. The van der Waals surface area contributed by atoms with Gasteiger partial charge in [0, 0.05) is 25.4 Å². The van der Waals surface area contributed by atoms with Crippen LogP contribution < -0.4 is 15.2 Å². The van der Waals surface area contributed by atoms with Gasteiger partial charge >= 0.3 is 0 Å². The minimum absolute atomic E-state index is 0.0229. The number of benzene rings is 2. The fraction of sp³-hybridized carbons (Fsp3) is 0.211. The van der Waals surface area contributed by atoms with E-state index in [1.165, 1.54) is 6.08 Å². The summed E-state index contributed by atoms with van der Waals surface area (Å²) in [6, 6.07) is 16.8. The number of hydrogen-bond acceptors (Lipinski definition) is 4. The zero-order valence-electron chi connectivity index (χ0n) is 14.8.